The molecule has 0 saturated carbocycles. The molecule has 1 aliphatic rings. The predicted molar refractivity (Wildman–Crippen MR) is 147 cm³/mol. The summed E-state index contributed by atoms with van der Waals surface area (Å²) in [5, 5.41) is 12.6. The monoisotopic (exact) mass is 563 g/mol. The first-order valence-corrected chi connectivity index (χ1v) is 14.7. The molecule has 3 N–H and O–H groups in total. The van der Waals surface area contributed by atoms with E-state index in [0.717, 1.165) is 35.3 Å². The molecule has 1 amide bonds. The highest BCUT2D eigenvalue weighted by molar-refractivity contribution is 7.90. The molecule has 0 aliphatic heterocycles. The van der Waals surface area contributed by atoms with Crippen molar-refractivity contribution in [3.05, 3.63) is 51.9 Å². The number of aliphatic hydroxyl groups excluding tert-OH is 1. The Balaban J connectivity index is 1.54. The summed E-state index contributed by atoms with van der Waals surface area (Å²) in [6, 6.07) is 5.28. The molecular weight excluding hydrogens is 529 g/mol. The van der Waals surface area contributed by atoms with Crippen LogP contribution < -0.4 is 10.0 Å². The number of aromatic nitrogens is 2. The fourth-order valence-electron chi connectivity index (χ4n) is 4.58. The van der Waals surface area contributed by atoms with E-state index in [1.54, 1.807) is 0 Å². The number of anilines is 1. The lowest BCUT2D eigenvalue weighted by Gasteiger charge is -2.34. The molecule has 0 bridgehead atoms. The number of fused-ring (bicyclic) bond motifs is 2. The summed E-state index contributed by atoms with van der Waals surface area (Å²) in [6.45, 7) is 6.52. The Morgan fingerprint density at radius 2 is 2.00 bits per heavy atom. The summed E-state index contributed by atoms with van der Waals surface area (Å²) in [6.07, 6.45) is 3.05. The lowest BCUT2D eigenvalue weighted by Crippen LogP contribution is -2.30. The van der Waals surface area contributed by atoms with E-state index in [1.165, 1.54) is 43.1 Å². The van der Waals surface area contributed by atoms with E-state index in [-0.39, 0.29) is 29.1 Å². The van der Waals surface area contributed by atoms with E-state index >= 15 is 0 Å². The van der Waals surface area contributed by atoms with Gasteiger partial charge in [-0.15, -0.1) is 0 Å². The molecule has 0 saturated heterocycles. The number of nitrogens with zero attached hydrogens (tertiary/aromatic N) is 3. The molecule has 1 aromatic carbocycles. The number of carbonyl (C=O) groups is 1. The number of carbonyl (C=O) groups excluding carboxylic acids is 1. The fourth-order valence-corrected chi connectivity index (χ4v) is 6.05. The number of hydrogen-bond donors (Lipinski definition) is 3. The molecule has 1 unspecified atom stereocenters. The molecule has 12 heteroatoms. The average Bonchev–Trinajstić information content (AvgIpc) is 3.25. The van der Waals surface area contributed by atoms with Gasteiger partial charge in [-0.2, -0.15) is 12.7 Å². The second-order valence-electron chi connectivity index (χ2n) is 10.9. The number of halogens is 1. The van der Waals surface area contributed by atoms with E-state index in [0.29, 0.717) is 21.8 Å². The van der Waals surface area contributed by atoms with Gasteiger partial charge in [0.25, 0.3) is 5.91 Å². The van der Waals surface area contributed by atoms with Crippen LogP contribution >= 0.6 is 11.3 Å². The molecule has 38 heavy (non-hydrogen) atoms. The highest BCUT2D eigenvalue weighted by Crippen LogP contribution is 2.38. The van der Waals surface area contributed by atoms with E-state index in [4.69, 9.17) is 4.98 Å². The number of aryl methyl sites for hydroxylation is 1. The Hall–Kier alpha value is -2.67. The van der Waals surface area contributed by atoms with Crippen molar-refractivity contribution in [2.75, 3.05) is 25.4 Å². The average molecular weight is 564 g/mol. The Bertz CT molecular complexity index is 1450. The molecule has 4 rings (SSSR count). The van der Waals surface area contributed by atoms with Crippen molar-refractivity contribution >= 4 is 43.5 Å². The summed E-state index contributed by atoms with van der Waals surface area (Å²) in [7, 11) is -1.22. The maximum Gasteiger partial charge on any atom is 0.301 e. The SMILES string of the molecule is CN(C)S(=O)(=O)Nc1ccc(C(CCO)NC(=O)c2nc3cc4c(nc3s2)CC[C@H](C(C)(C)C)C4)cc1F. The largest absolute Gasteiger partial charge is 0.396 e. The van der Waals surface area contributed by atoms with Gasteiger partial charge in [-0.3, -0.25) is 9.52 Å². The van der Waals surface area contributed by atoms with Crippen LogP contribution in [0, 0.1) is 17.2 Å². The topological polar surface area (TPSA) is 125 Å². The van der Waals surface area contributed by atoms with E-state index in [1.807, 2.05) is 6.07 Å². The minimum Gasteiger partial charge on any atom is -0.396 e. The number of pyridine rings is 1. The van der Waals surface area contributed by atoms with Gasteiger partial charge in [0.15, 0.2) is 5.01 Å². The lowest BCUT2D eigenvalue weighted by molar-refractivity contribution is 0.0929. The van der Waals surface area contributed by atoms with Crippen LogP contribution in [0.2, 0.25) is 0 Å². The zero-order valence-corrected chi connectivity index (χ0v) is 23.8. The molecule has 3 aromatic rings. The normalized spacial score (nSPS) is 16.9. The van der Waals surface area contributed by atoms with Crippen LogP contribution in [0.3, 0.4) is 0 Å². The first kappa shape index (κ1) is 28.3. The Kier molecular flexibility index (Phi) is 8.08. The van der Waals surface area contributed by atoms with Crippen molar-refractivity contribution in [1.82, 2.24) is 19.6 Å². The van der Waals surface area contributed by atoms with Crippen molar-refractivity contribution in [3.8, 4) is 0 Å². The van der Waals surface area contributed by atoms with Gasteiger partial charge in [-0.1, -0.05) is 38.2 Å². The number of rotatable bonds is 8. The maximum absolute atomic E-state index is 14.8. The van der Waals surface area contributed by atoms with Gasteiger partial charge in [-0.25, -0.2) is 14.4 Å². The predicted octanol–water partition coefficient (Wildman–Crippen LogP) is 4.05. The molecule has 9 nitrogen and oxygen atoms in total. The number of benzene rings is 1. The Labute approximate surface area is 226 Å². The molecule has 206 valence electrons. The molecule has 1 aliphatic carbocycles. The van der Waals surface area contributed by atoms with Gasteiger partial charge < -0.3 is 10.4 Å². The van der Waals surface area contributed by atoms with Crippen LogP contribution in [0.1, 0.15) is 66.3 Å². The number of hydrogen-bond acceptors (Lipinski definition) is 7. The highest BCUT2D eigenvalue weighted by Gasteiger charge is 2.30. The number of nitrogens with one attached hydrogen (secondary N) is 2. The van der Waals surface area contributed by atoms with Crippen LogP contribution in [-0.4, -0.2) is 54.4 Å². The molecule has 2 heterocycles. The van der Waals surface area contributed by atoms with Crippen molar-refractivity contribution in [2.24, 2.45) is 11.3 Å². The lowest BCUT2D eigenvalue weighted by atomic mass is 9.71. The van der Waals surface area contributed by atoms with Gasteiger partial charge in [0.1, 0.15) is 16.2 Å². The molecule has 0 spiro atoms. The van der Waals surface area contributed by atoms with Crippen molar-refractivity contribution in [1.29, 1.82) is 0 Å². The second kappa shape index (κ2) is 10.8. The third-order valence-corrected chi connectivity index (χ3v) is 9.41. The first-order chi connectivity index (χ1) is 17.8. The van der Waals surface area contributed by atoms with Crippen molar-refractivity contribution in [2.45, 2.75) is 52.5 Å². The quantitative estimate of drug-likeness (QED) is 0.380. The minimum atomic E-state index is -3.88. The highest BCUT2D eigenvalue weighted by atomic mass is 32.2. The zero-order valence-electron chi connectivity index (χ0n) is 22.2. The van der Waals surface area contributed by atoms with E-state index < -0.39 is 28.0 Å². The van der Waals surface area contributed by atoms with Gasteiger partial charge >= 0.3 is 10.2 Å². The summed E-state index contributed by atoms with van der Waals surface area (Å²) in [5.74, 6) is -0.692. The van der Waals surface area contributed by atoms with Crippen LogP contribution in [0.15, 0.2) is 24.3 Å². The molecule has 0 radical (unpaired) electrons. The summed E-state index contributed by atoms with van der Waals surface area (Å²) in [5.41, 5.74) is 3.30. The number of thiazole rings is 1. The molecule has 2 atom stereocenters. The smallest absolute Gasteiger partial charge is 0.301 e. The number of aliphatic hydroxyl groups is 1. The summed E-state index contributed by atoms with van der Waals surface area (Å²) in [4.78, 5) is 23.2. The van der Waals surface area contributed by atoms with Crippen LogP contribution in [0.5, 0.6) is 0 Å². The second-order valence-corrected chi connectivity index (χ2v) is 13.8. The van der Waals surface area contributed by atoms with Gasteiger partial charge in [0.2, 0.25) is 0 Å². The van der Waals surface area contributed by atoms with E-state index in [9.17, 15) is 22.7 Å². The van der Waals surface area contributed by atoms with Gasteiger partial charge in [0.05, 0.1) is 11.7 Å². The Morgan fingerprint density at radius 3 is 2.63 bits per heavy atom. The third kappa shape index (κ3) is 6.14. The van der Waals surface area contributed by atoms with Crippen molar-refractivity contribution in [3.63, 3.8) is 0 Å². The van der Waals surface area contributed by atoms with Crippen LogP contribution in [-0.2, 0) is 23.1 Å². The van der Waals surface area contributed by atoms with Crippen molar-refractivity contribution < 1.29 is 22.7 Å². The van der Waals surface area contributed by atoms with Crippen LogP contribution in [0.4, 0.5) is 10.1 Å². The zero-order chi connectivity index (χ0) is 27.8. The molecule has 0 fully saturated rings. The molecule has 2 aromatic heterocycles. The minimum absolute atomic E-state index is 0.138. The maximum atomic E-state index is 14.8. The van der Waals surface area contributed by atoms with E-state index in [2.05, 4.69) is 35.8 Å². The third-order valence-electron chi connectivity index (χ3n) is 7.01. The van der Waals surface area contributed by atoms with Gasteiger partial charge in [0, 0.05) is 26.4 Å². The fraction of sp³-hybridized carbons (Fsp3) is 0.500. The summed E-state index contributed by atoms with van der Waals surface area (Å²) < 4.78 is 41.9. The molecular formula is C26H34FN5O4S2. The van der Waals surface area contributed by atoms with Crippen LogP contribution in [0.25, 0.3) is 10.3 Å². The van der Waals surface area contributed by atoms with Gasteiger partial charge in [-0.05, 0) is 66.3 Å². The standard InChI is InChI=1S/C26H34FN5O4S2/c1-26(2,3)17-7-9-19-16(12-17)14-22-24(29-19)37-25(30-22)23(34)28-20(10-11-33)15-6-8-21(18(27)13-15)31-38(35,36)32(4)5/h6,8,13-14,17,20,31,33H,7,9-12H2,1-5H3,(H,28,34)/t17-,20?/m0/s1. The summed E-state index contributed by atoms with van der Waals surface area (Å²) >= 11 is 1.20. The first-order valence-electron chi connectivity index (χ1n) is 12.5. The number of amides is 1. The Morgan fingerprint density at radius 1 is 1.26 bits per heavy atom.